The van der Waals surface area contributed by atoms with Crippen LogP contribution >= 0.6 is 0 Å². The van der Waals surface area contributed by atoms with Crippen LogP contribution in [0.5, 0.6) is 0 Å². The van der Waals surface area contributed by atoms with Crippen molar-refractivity contribution < 1.29 is 18.3 Å². The second-order valence-electron chi connectivity index (χ2n) is 3.57. The molecule has 15 heavy (non-hydrogen) atoms. The quantitative estimate of drug-likeness (QED) is 0.585. The molecule has 0 rings (SSSR count). The first-order valence-corrected chi connectivity index (χ1v) is 6.29. The number of carbonyl (C=O) groups is 1. The maximum Gasteiger partial charge on any atom is 0.321 e. The van der Waals surface area contributed by atoms with E-state index in [1.54, 1.807) is 20.8 Å². The zero-order valence-corrected chi connectivity index (χ0v) is 9.97. The molecule has 0 aromatic rings. The van der Waals surface area contributed by atoms with Crippen LogP contribution in [-0.4, -0.2) is 31.6 Å². The van der Waals surface area contributed by atoms with E-state index in [1.165, 1.54) is 0 Å². The molecule has 0 aliphatic rings. The van der Waals surface area contributed by atoms with Crippen LogP contribution in [0.4, 0.5) is 0 Å². The molecular formula is C8H18N2O4S. The number of carboxylic acids is 1. The molecule has 0 saturated carbocycles. The molecule has 0 amide bonds. The number of rotatable bonds is 7. The SMILES string of the molecule is CCC[C@@H](NS(=O)(=O)NC(C)C)C(=O)O. The lowest BCUT2D eigenvalue weighted by atomic mass is 10.2. The van der Waals surface area contributed by atoms with Gasteiger partial charge in [0.25, 0.3) is 10.2 Å². The van der Waals surface area contributed by atoms with Gasteiger partial charge in [-0.3, -0.25) is 4.79 Å². The number of hydrogen-bond acceptors (Lipinski definition) is 3. The third kappa shape index (κ3) is 6.43. The molecule has 1 atom stereocenters. The zero-order chi connectivity index (χ0) is 12.1. The lowest BCUT2D eigenvalue weighted by molar-refractivity contribution is -0.139. The molecule has 0 aliphatic carbocycles. The highest BCUT2D eigenvalue weighted by Gasteiger charge is 2.23. The van der Waals surface area contributed by atoms with Crippen molar-refractivity contribution in [2.45, 2.75) is 45.7 Å². The normalized spacial score (nSPS) is 14.1. The van der Waals surface area contributed by atoms with E-state index in [0.717, 1.165) is 0 Å². The fourth-order valence-electron chi connectivity index (χ4n) is 1.05. The Kier molecular flexibility index (Phi) is 5.77. The molecule has 0 bridgehead atoms. The Balaban J connectivity index is 4.45. The van der Waals surface area contributed by atoms with Crippen molar-refractivity contribution >= 4 is 16.2 Å². The molecule has 0 aromatic heterocycles. The molecule has 0 aromatic carbocycles. The predicted octanol–water partition coefficient (Wildman–Crippen LogP) is 0.0721. The van der Waals surface area contributed by atoms with Crippen LogP contribution in [0.2, 0.25) is 0 Å². The fourth-order valence-corrected chi connectivity index (χ4v) is 2.33. The molecule has 0 saturated heterocycles. The van der Waals surface area contributed by atoms with Gasteiger partial charge in [0.2, 0.25) is 0 Å². The Labute approximate surface area is 90.2 Å². The third-order valence-electron chi connectivity index (χ3n) is 1.56. The summed E-state index contributed by atoms with van der Waals surface area (Å²) in [6.07, 6.45) is 0.871. The van der Waals surface area contributed by atoms with Crippen LogP contribution in [0, 0.1) is 0 Å². The molecule has 0 heterocycles. The van der Waals surface area contributed by atoms with Gasteiger partial charge in [0, 0.05) is 6.04 Å². The van der Waals surface area contributed by atoms with Crippen molar-refractivity contribution in [2.24, 2.45) is 0 Å². The minimum Gasteiger partial charge on any atom is -0.480 e. The smallest absolute Gasteiger partial charge is 0.321 e. The Hall–Kier alpha value is -0.660. The van der Waals surface area contributed by atoms with Gasteiger partial charge in [0.15, 0.2) is 0 Å². The maximum atomic E-state index is 11.3. The molecule has 7 heteroatoms. The summed E-state index contributed by atoms with van der Waals surface area (Å²) >= 11 is 0. The minimum atomic E-state index is -3.73. The highest BCUT2D eigenvalue weighted by molar-refractivity contribution is 7.87. The predicted molar refractivity (Wildman–Crippen MR) is 56.7 cm³/mol. The number of hydrogen-bond donors (Lipinski definition) is 3. The molecule has 0 spiro atoms. The van der Waals surface area contributed by atoms with E-state index in [2.05, 4.69) is 9.44 Å². The van der Waals surface area contributed by atoms with Gasteiger partial charge in [-0.15, -0.1) is 0 Å². The van der Waals surface area contributed by atoms with Gasteiger partial charge >= 0.3 is 5.97 Å². The van der Waals surface area contributed by atoms with Gasteiger partial charge in [-0.25, -0.2) is 0 Å². The van der Waals surface area contributed by atoms with Crippen molar-refractivity contribution in [3.8, 4) is 0 Å². The van der Waals surface area contributed by atoms with Gasteiger partial charge in [0.1, 0.15) is 6.04 Å². The van der Waals surface area contributed by atoms with Gasteiger partial charge in [-0.2, -0.15) is 17.9 Å². The summed E-state index contributed by atoms with van der Waals surface area (Å²) in [7, 11) is -3.73. The van der Waals surface area contributed by atoms with E-state index in [0.29, 0.717) is 6.42 Å². The number of nitrogens with one attached hydrogen (secondary N) is 2. The van der Waals surface area contributed by atoms with Crippen molar-refractivity contribution in [1.82, 2.24) is 9.44 Å². The molecule has 0 fully saturated rings. The number of aliphatic carboxylic acids is 1. The Morgan fingerprint density at radius 2 is 1.87 bits per heavy atom. The van der Waals surface area contributed by atoms with E-state index >= 15 is 0 Å². The van der Waals surface area contributed by atoms with Crippen molar-refractivity contribution in [3.63, 3.8) is 0 Å². The zero-order valence-electron chi connectivity index (χ0n) is 9.15. The summed E-state index contributed by atoms with van der Waals surface area (Å²) in [5, 5.41) is 8.75. The van der Waals surface area contributed by atoms with E-state index in [-0.39, 0.29) is 12.5 Å². The van der Waals surface area contributed by atoms with Crippen LogP contribution in [0.15, 0.2) is 0 Å². The van der Waals surface area contributed by atoms with Crippen LogP contribution < -0.4 is 9.44 Å². The maximum absolute atomic E-state index is 11.3. The summed E-state index contributed by atoms with van der Waals surface area (Å²) < 4.78 is 27.0. The largest absolute Gasteiger partial charge is 0.480 e. The average molecular weight is 238 g/mol. The first-order valence-electron chi connectivity index (χ1n) is 4.81. The van der Waals surface area contributed by atoms with Crippen molar-refractivity contribution in [1.29, 1.82) is 0 Å². The fraction of sp³-hybridized carbons (Fsp3) is 0.875. The van der Waals surface area contributed by atoms with E-state index in [9.17, 15) is 13.2 Å². The summed E-state index contributed by atoms with van der Waals surface area (Å²) in [5.74, 6) is -1.16. The van der Waals surface area contributed by atoms with Crippen molar-refractivity contribution in [3.05, 3.63) is 0 Å². The second kappa shape index (κ2) is 6.04. The summed E-state index contributed by atoms with van der Waals surface area (Å²) in [4.78, 5) is 10.7. The summed E-state index contributed by atoms with van der Waals surface area (Å²) in [6, 6.07) is -1.33. The van der Waals surface area contributed by atoms with Gasteiger partial charge < -0.3 is 5.11 Å². The van der Waals surface area contributed by atoms with Gasteiger partial charge in [0.05, 0.1) is 0 Å². The van der Waals surface area contributed by atoms with Crippen LogP contribution in [0.3, 0.4) is 0 Å². The first kappa shape index (κ1) is 14.3. The average Bonchev–Trinajstić information content (AvgIpc) is 2.00. The van der Waals surface area contributed by atoms with Gasteiger partial charge in [-0.05, 0) is 20.3 Å². The number of carboxylic acid groups (broad SMARTS) is 1. The Bertz CT molecular complexity index is 300. The lowest BCUT2D eigenvalue weighted by Crippen LogP contribution is -2.48. The molecule has 0 unspecified atom stereocenters. The van der Waals surface area contributed by atoms with Crippen LogP contribution in [-0.2, 0) is 15.0 Å². The van der Waals surface area contributed by atoms with Crippen LogP contribution in [0.25, 0.3) is 0 Å². The molecular weight excluding hydrogens is 220 g/mol. The van der Waals surface area contributed by atoms with E-state index in [4.69, 9.17) is 5.11 Å². The van der Waals surface area contributed by atoms with Crippen LogP contribution in [0.1, 0.15) is 33.6 Å². The molecule has 0 aliphatic heterocycles. The Morgan fingerprint density at radius 1 is 1.33 bits per heavy atom. The summed E-state index contributed by atoms with van der Waals surface area (Å²) in [6.45, 7) is 5.11. The van der Waals surface area contributed by atoms with Gasteiger partial charge in [-0.1, -0.05) is 13.3 Å². The highest BCUT2D eigenvalue weighted by atomic mass is 32.2. The minimum absolute atomic E-state index is 0.265. The van der Waals surface area contributed by atoms with E-state index in [1.807, 2.05) is 0 Å². The molecule has 6 nitrogen and oxygen atoms in total. The molecule has 0 radical (unpaired) electrons. The third-order valence-corrected chi connectivity index (χ3v) is 2.94. The Morgan fingerprint density at radius 3 is 2.20 bits per heavy atom. The first-order chi connectivity index (χ1) is 6.78. The molecule has 90 valence electrons. The topological polar surface area (TPSA) is 95.5 Å². The van der Waals surface area contributed by atoms with Crippen molar-refractivity contribution in [2.75, 3.05) is 0 Å². The molecule has 3 N–H and O–H groups in total. The summed E-state index contributed by atoms with van der Waals surface area (Å²) in [5.41, 5.74) is 0. The standard InChI is InChI=1S/C8H18N2O4S/c1-4-5-7(8(11)12)10-15(13,14)9-6(2)3/h6-7,9-10H,4-5H2,1-3H3,(H,11,12)/t7-/m1/s1. The van der Waals surface area contributed by atoms with E-state index < -0.39 is 22.2 Å². The highest BCUT2D eigenvalue weighted by Crippen LogP contribution is 1.98. The monoisotopic (exact) mass is 238 g/mol. The second-order valence-corrected chi connectivity index (χ2v) is 5.05. The lowest BCUT2D eigenvalue weighted by Gasteiger charge is -2.15.